The van der Waals surface area contributed by atoms with Gasteiger partial charge in [0, 0.05) is 25.2 Å². The molecular formula is C17H23ClN6O3. The van der Waals surface area contributed by atoms with E-state index in [0.29, 0.717) is 36.1 Å². The third-order valence-corrected chi connectivity index (χ3v) is 4.68. The molecule has 2 aromatic rings. The van der Waals surface area contributed by atoms with Crippen molar-refractivity contribution in [3.63, 3.8) is 0 Å². The Labute approximate surface area is 163 Å². The minimum absolute atomic E-state index is 0. The van der Waals surface area contributed by atoms with Crippen LogP contribution in [0.4, 0.5) is 5.69 Å². The van der Waals surface area contributed by atoms with Gasteiger partial charge in [-0.3, -0.25) is 14.9 Å². The maximum atomic E-state index is 12.9. The number of carbonyl (C=O) groups is 1. The van der Waals surface area contributed by atoms with E-state index >= 15 is 0 Å². The van der Waals surface area contributed by atoms with Crippen molar-refractivity contribution in [3.8, 4) is 5.69 Å². The minimum Gasteiger partial charge on any atom is -0.337 e. The first-order chi connectivity index (χ1) is 12.5. The summed E-state index contributed by atoms with van der Waals surface area (Å²) in [7, 11) is 1.91. The lowest BCUT2D eigenvalue weighted by Gasteiger charge is -2.32. The Morgan fingerprint density at radius 2 is 2.22 bits per heavy atom. The van der Waals surface area contributed by atoms with Crippen LogP contribution in [0.3, 0.4) is 0 Å². The molecule has 1 aliphatic rings. The molecule has 146 valence electrons. The average Bonchev–Trinajstić information content (AvgIpc) is 3.03. The Morgan fingerprint density at radius 3 is 2.93 bits per heavy atom. The summed E-state index contributed by atoms with van der Waals surface area (Å²) in [6, 6.07) is 6.12. The SMILES string of the molecule is CNCC1CCCN(C(=O)c2nnn(-c3cccc([N+](=O)[O-])c3)c2C)C1.Cl. The van der Waals surface area contributed by atoms with Crippen LogP contribution in [0, 0.1) is 23.0 Å². The predicted octanol–water partition coefficient (Wildman–Crippen LogP) is 1.98. The number of nitrogens with zero attached hydrogens (tertiary/aromatic N) is 5. The van der Waals surface area contributed by atoms with Gasteiger partial charge < -0.3 is 10.2 Å². The molecule has 1 amide bonds. The molecule has 0 aliphatic carbocycles. The average molecular weight is 395 g/mol. The van der Waals surface area contributed by atoms with Crippen LogP contribution in [0.25, 0.3) is 5.69 Å². The van der Waals surface area contributed by atoms with Crippen LogP contribution in [0.15, 0.2) is 24.3 Å². The molecule has 1 fully saturated rings. The molecule has 1 N–H and O–H groups in total. The number of carbonyl (C=O) groups excluding carboxylic acids is 1. The van der Waals surface area contributed by atoms with E-state index in [1.807, 2.05) is 11.9 Å². The van der Waals surface area contributed by atoms with E-state index < -0.39 is 4.92 Å². The van der Waals surface area contributed by atoms with E-state index in [1.165, 1.54) is 16.8 Å². The summed E-state index contributed by atoms with van der Waals surface area (Å²) in [5.41, 5.74) is 1.35. The van der Waals surface area contributed by atoms with Gasteiger partial charge in [-0.1, -0.05) is 11.3 Å². The third kappa shape index (κ3) is 4.42. The summed E-state index contributed by atoms with van der Waals surface area (Å²) in [6.45, 7) is 4.04. The molecule has 1 saturated heterocycles. The van der Waals surface area contributed by atoms with Crippen molar-refractivity contribution in [1.82, 2.24) is 25.2 Å². The lowest BCUT2D eigenvalue weighted by Crippen LogP contribution is -2.42. The first kappa shape index (κ1) is 20.8. The van der Waals surface area contributed by atoms with Gasteiger partial charge in [0.1, 0.15) is 0 Å². The fourth-order valence-corrected chi connectivity index (χ4v) is 3.36. The quantitative estimate of drug-likeness (QED) is 0.613. The van der Waals surface area contributed by atoms with Crippen LogP contribution in [-0.2, 0) is 0 Å². The highest BCUT2D eigenvalue weighted by Gasteiger charge is 2.28. The number of halogens is 1. The van der Waals surface area contributed by atoms with Gasteiger partial charge >= 0.3 is 0 Å². The zero-order valence-corrected chi connectivity index (χ0v) is 16.1. The zero-order valence-electron chi connectivity index (χ0n) is 15.3. The zero-order chi connectivity index (χ0) is 18.7. The van der Waals surface area contributed by atoms with Crippen molar-refractivity contribution in [2.24, 2.45) is 5.92 Å². The largest absolute Gasteiger partial charge is 0.337 e. The number of piperidine rings is 1. The van der Waals surface area contributed by atoms with Crippen LogP contribution in [-0.4, -0.2) is 57.4 Å². The van der Waals surface area contributed by atoms with Crippen LogP contribution < -0.4 is 5.32 Å². The van der Waals surface area contributed by atoms with E-state index in [2.05, 4.69) is 15.6 Å². The number of hydrogen-bond donors (Lipinski definition) is 1. The van der Waals surface area contributed by atoms with Crippen molar-refractivity contribution in [1.29, 1.82) is 0 Å². The molecule has 27 heavy (non-hydrogen) atoms. The molecule has 0 spiro atoms. The Hall–Kier alpha value is -2.52. The first-order valence-corrected chi connectivity index (χ1v) is 8.62. The summed E-state index contributed by atoms with van der Waals surface area (Å²) in [4.78, 5) is 25.2. The summed E-state index contributed by atoms with van der Waals surface area (Å²) < 4.78 is 1.47. The van der Waals surface area contributed by atoms with Crippen molar-refractivity contribution in [3.05, 3.63) is 45.8 Å². The second-order valence-corrected chi connectivity index (χ2v) is 6.53. The number of non-ortho nitro benzene ring substituents is 1. The van der Waals surface area contributed by atoms with E-state index in [4.69, 9.17) is 0 Å². The second-order valence-electron chi connectivity index (χ2n) is 6.53. The van der Waals surface area contributed by atoms with Gasteiger partial charge in [0.2, 0.25) is 0 Å². The topological polar surface area (TPSA) is 106 Å². The highest BCUT2D eigenvalue weighted by atomic mass is 35.5. The Bertz CT molecular complexity index is 823. The number of amides is 1. The lowest BCUT2D eigenvalue weighted by atomic mass is 9.97. The monoisotopic (exact) mass is 394 g/mol. The highest BCUT2D eigenvalue weighted by Crippen LogP contribution is 2.21. The van der Waals surface area contributed by atoms with Gasteiger partial charge in [-0.25, -0.2) is 4.68 Å². The molecule has 3 rings (SSSR count). The van der Waals surface area contributed by atoms with E-state index in [-0.39, 0.29) is 24.0 Å². The van der Waals surface area contributed by atoms with Gasteiger partial charge in [0.15, 0.2) is 5.69 Å². The van der Waals surface area contributed by atoms with Crippen molar-refractivity contribution >= 4 is 24.0 Å². The summed E-state index contributed by atoms with van der Waals surface area (Å²) in [6.07, 6.45) is 2.07. The molecule has 2 heterocycles. The molecule has 1 atom stereocenters. The number of nitro benzene ring substituents is 1. The second kappa shape index (κ2) is 8.92. The number of hydrogen-bond acceptors (Lipinski definition) is 6. The number of nitro groups is 1. The predicted molar refractivity (Wildman–Crippen MR) is 103 cm³/mol. The van der Waals surface area contributed by atoms with Crippen molar-refractivity contribution in [2.45, 2.75) is 19.8 Å². The van der Waals surface area contributed by atoms with Gasteiger partial charge in [-0.15, -0.1) is 17.5 Å². The normalized spacial score (nSPS) is 16.7. The van der Waals surface area contributed by atoms with Gasteiger partial charge in [0.05, 0.1) is 16.3 Å². The number of rotatable bonds is 5. The summed E-state index contributed by atoms with van der Waals surface area (Å²) >= 11 is 0. The lowest BCUT2D eigenvalue weighted by molar-refractivity contribution is -0.384. The molecule has 1 aromatic carbocycles. The third-order valence-electron chi connectivity index (χ3n) is 4.68. The molecule has 9 nitrogen and oxygen atoms in total. The first-order valence-electron chi connectivity index (χ1n) is 8.62. The van der Waals surface area contributed by atoms with E-state index in [1.54, 1.807) is 19.1 Å². The van der Waals surface area contributed by atoms with Crippen molar-refractivity contribution in [2.75, 3.05) is 26.7 Å². The maximum Gasteiger partial charge on any atom is 0.276 e. The van der Waals surface area contributed by atoms with Crippen LogP contribution >= 0.6 is 12.4 Å². The van der Waals surface area contributed by atoms with E-state index in [0.717, 1.165) is 19.4 Å². The molecule has 10 heteroatoms. The molecule has 1 aliphatic heterocycles. The Morgan fingerprint density at radius 1 is 1.44 bits per heavy atom. The summed E-state index contributed by atoms with van der Waals surface area (Å²) in [5.74, 6) is 0.296. The number of likely N-dealkylation sites (tertiary alicyclic amines) is 1. The van der Waals surface area contributed by atoms with Gasteiger partial charge in [-0.05, 0) is 45.3 Å². The fraction of sp³-hybridized carbons (Fsp3) is 0.471. The van der Waals surface area contributed by atoms with Crippen molar-refractivity contribution < 1.29 is 9.72 Å². The fourth-order valence-electron chi connectivity index (χ4n) is 3.36. The van der Waals surface area contributed by atoms with Crippen LogP contribution in [0.1, 0.15) is 29.0 Å². The van der Waals surface area contributed by atoms with Gasteiger partial charge in [0.25, 0.3) is 11.6 Å². The highest BCUT2D eigenvalue weighted by molar-refractivity contribution is 5.93. The van der Waals surface area contributed by atoms with Gasteiger partial charge in [-0.2, -0.15) is 0 Å². The standard InChI is InChI=1S/C17H22N6O3.ClH/c1-12-16(17(24)21-8-4-5-13(11-21)10-18-2)19-20-22(12)14-6-3-7-15(9-14)23(25)26;/h3,6-7,9,13,18H,4-5,8,10-11H2,1-2H3;1H. The number of aromatic nitrogens is 3. The van der Waals surface area contributed by atoms with Crippen LogP contribution in [0.5, 0.6) is 0 Å². The van der Waals surface area contributed by atoms with Crippen LogP contribution in [0.2, 0.25) is 0 Å². The Kier molecular flexibility index (Phi) is 6.86. The van der Waals surface area contributed by atoms with E-state index in [9.17, 15) is 14.9 Å². The minimum atomic E-state index is -0.461. The molecule has 0 saturated carbocycles. The number of benzene rings is 1. The molecule has 0 bridgehead atoms. The Balaban J connectivity index is 0.00000261. The molecule has 0 radical (unpaired) electrons. The smallest absolute Gasteiger partial charge is 0.276 e. The molecular weight excluding hydrogens is 372 g/mol. The number of nitrogens with one attached hydrogen (secondary N) is 1. The molecule has 1 aromatic heterocycles. The summed E-state index contributed by atoms with van der Waals surface area (Å²) in [5, 5.41) is 22.2. The molecule has 1 unspecified atom stereocenters. The maximum absolute atomic E-state index is 12.9.